The topological polar surface area (TPSA) is 40.1 Å². The summed E-state index contributed by atoms with van der Waals surface area (Å²) in [6.45, 7) is 0. The molecule has 0 atom stereocenters. The van der Waals surface area contributed by atoms with E-state index in [0.717, 1.165) is 9.13 Å². The number of aliphatic carboxylic acids is 1. The summed E-state index contributed by atoms with van der Waals surface area (Å²) in [7, 11) is 0. The van der Waals surface area contributed by atoms with Crippen molar-refractivity contribution in [2.24, 2.45) is 0 Å². The molecule has 0 radical (unpaired) electrons. The smallest absolute Gasteiger partial charge is 0.0785 e. The summed E-state index contributed by atoms with van der Waals surface area (Å²) in [5.74, 6) is -1.26. The lowest BCUT2D eigenvalue weighted by Crippen LogP contribution is -2.31. The Morgan fingerprint density at radius 1 is 1.38 bits per heavy atom. The van der Waals surface area contributed by atoms with Crippen molar-refractivity contribution in [1.29, 1.82) is 0 Å². The molecule has 2 nitrogen and oxygen atoms in total. The molecule has 0 heterocycles. The van der Waals surface area contributed by atoms with Crippen molar-refractivity contribution >= 4 is 45.6 Å². The molecular weight excluding hydrogens is 299 g/mol. The van der Waals surface area contributed by atoms with Crippen LogP contribution in [0.25, 0.3) is 0 Å². The van der Waals surface area contributed by atoms with Gasteiger partial charge in [0.25, 0.3) is 0 Å². The molecule has 1 rings (SSSR count). The Morgan fingerprint density at radius 3 is 2.38 bits per heavy atom. The first-order chi connectivity index (χ1) is 6.09. The van der Waals surface area contributed by atoms with Crippen LogP contribution in [-0.4, -0.2) is 10.8 Å². The molecule has 1 aromatic carbocycles. The van der Waals surface area contributed by atoms with Crippen LogP contribution in [0.4, 0.5) is 0 Å². The minimum absolute atomic E-state index is 0.0544. The van der Waals surface area contributed by atoms with Gasteiger partial charge in [-0.3, -0.25) is 0 Å². The van der Waals surface area contributed by atoms with Crippen molar-refractivity contribution in [3.63, 3.8) is 0 Å². The van der Waals surface area contributed by atoms with E-state index in [1.165, 1.54) is 0 Å². The molecule has 0 aliphatic heterocycles. The molecule has 0 aliphatic rings. The van der Waals surface area contributed by atoms with Gasteiger partial charge < -0.3 is 9.90 Å². The van der Waals surface area contributed by atoms with Gasteiger partial charge in [0.05, 0.1) is 5.97 Å². The number of carbonyl (C=O) groups excluding carboxylic acids is 1. The van der Waals surface area contributed by atoms with Crippen LogP contribution in [0.1, 0.15) is 5.56 Å². The van der Waals surface area contributed by atoms with Crippen LogP contribution in [-0.2, 0) is 11.2 Å². The Balaban J connectivity index is 2.70. The molecule has 0 aromatic heterocycles. The van der Waals surface area contributed by atoms with Crippen molar-refractivity contribution in [3.8, 4) is 0 Å². The number of halogens is 1. The monoisotopic (exact) mass is 305 g/mol. The number of carboxylic acid groups (broad SMARTS) is 1. The number of hydrogen-bond acceptors (Lipinski definition) is 3. The fourth-order valence-corrected chi connectivity index (χ4v) is 1.39. The van der Waals surface area contributed by atoms with Crippen LogP contribution in [0.15, 0.2) is 24.3 Å². The SMILES string of the molecule is O=C([O-])C(=S)Cc1ccc(I)cc1. The van der Waals surface area contributed by atoms with E-state index in [2.05, 4.69) is 34.8 Å². The average molecular weight is 305 g/mol. The van der Waals surface area contributed by atoms with E-state index in [0.29, 0.717) is 0 Å². The Bertz CT molecular complexity index is 332. The second-order valence-electron chi connectivity index (χ2n) is 2.51. The summed E-state index contributed by atoms with van der Waals surface area (Å²) in [5.41, 5.74) is 0.898. The predicted molar refractivity (Wildman–Crippen MR) is 60.5 cm³/mol. The number of carbonyl (C=O) groups is 1. The van der Waals surface area contributed by atoms with Crippen molar-refractivity contribution < 1.29 is 9.90 Å². The molecule has 13 heavy (non-hydrogen) atoms. The van der Waals surface area contributed by atoms with Gasteiger partial charge in [-0.1, -0.05) is 24.4 Å². The summed E-state index contributed by atoms with van der Waals surface area (Å²) in [6.07, 6.45) is 0.272. The van der Waals surface area contributed by atoms with Crippen molar-refractivity contribution in [2.75, 3.05) is 0 Å². The van der Waals surface area contributed by atoms with Gasteiger partial charge in [0.15, 0.2) is 0 Å². The summed E-state index contributed by atoms with van der Waals surface area (Å²) >= 11 is 6.81. The van der Waals surface area contributed by atoms with Crippen LogP contribution in [0.5, 0.6) is 0 Å². The quantitative estimate of drug-likeness (QED) is 0.617. The zero-order chi connectivity index (χ0) is 9.84. The highest BCUT2D eigenvalue weighted by atomic mass is 127. The zero-order valence-corrected chi connectivity index (χ0v) is 9.59. The highest BCUT2D eigenvalue weighted by molar-refractivity contribution is 14.1. The van der Waals surface area contributed by atoms with E-state index in [4.69, 9.17) is 0 Å². The van der Waals surface area contributed by atoms with Crippen molar-refractivity contribution in [3.05, 3.63) is 33.4 Å². The fraction of sp³-hybridized carbons (Fsp3) is 0.111. The highest BCUT2D eigenvalue weighted by Crippen LogP contribution is 2.07. The number of thiocarbonyl (C=S) groups is 1. The Hall–Kier alpha value is -0.490. The Kier molecular flexibility index (Phi) is 3.80. The normalized spacial score (nSPS) is 9.62. The van der Waals surface area contributed by atoms with Crippen LogP contribution >= 0.6 is 34.8 Å². The van der Waals surface area contributed by atoms with E-state index >= 15 is 0 Å². The number of benzene rings is 1. The first-order valence-corrected chi connectivity index (χ1v) is 5.07. The van der Waals surface area contributed by atoms with Crippen LogP contribution < -0.4 is 5.11 Å². The molecule has 0 unspecified atom stereocenters. The molecular formula is C9H6IO2S-. The summed E-state index contributed by atoms with van der Waals surface area (Å²) in [6, 6.07) is 7.54. The third kappa shape index (κ3) is 3.40. The second-order valence-corrected chi connectivity index (χ2v) is 4.25. The third-order valence-corrected chi connectivity index (χ3v) is 2.54. The average Bonchev–Trinajstić information content (AvgIpc) is 2.08. The lowest BCUT2D eigenvalue weighted by molar-refractivity contribution is -0.293. The molecule has 4 heteroatoms. The molecule has 0 fully saturated rings. The van der Waals surface area contributed by atoms with Gasteiger partial charge in [-0.15, -0.1) is 0 Å². The summed E-state index contributed by atoms with van der Waals surface area (Å²) in [4.78, 5) is 10.3. The molecule has 0 aliphatic carbocycles. The van der Waals surface area contributed by atoms with E-state index < -0.39 is 5.97 Å². The molecule has 0 saturated carbocycles. The van der Waals surface area contributed by atoms with Gasteiger partial charge in [0.1, 0.15) is 0 Å². The summed E-state index contributed by atoms with van der Waals surface area (Å²) < 4.78 is 1.11. The van der Waals surface area contributed by atoms with Crippen LogP contribution in [0, 0.1) is 3.57 Å². The second kappa shape index (κ2) is 4.66. The van der Waals surface area contributed by atoms with Crippen molar-refractivity contribution in [1.82, 2.24) is 0 Å². The number of hydrogen-bond donors (Lipinski definition) is 0. The number of rotatable bonds is 3. The standard InChI is InChI=1S/C9H7IO2S/c10-7-3-1-6(2-4-7)5-8(13)9(11)12/h1-4H,5H2,(H,11,12)/p-1. The Morgan fingerprint density at radius 2 is 1.92 bits per heavy atom. The lowest BCUT2D eigenvalue weighted by atomic mass is 10.1. The molecule has 0 amide bonds. The largest absolute Gasteiger partial charge is 0.544 e. The third-order valence-electron chi connectivity index (χ3n) is 1.51. The maximum atomic E-state index is 10.3. The fourth-order valence-electron chi connectivity index (χ4n) is 0.860. The molecule has 0 bridgehead atoms. The maximum absolute atomic E-state index is 10.3. The summed E-state index contributed by atoms with van der Waals surface area (Å²) in [5, 5.41) is 10.3. The minimum atomic E-state index is -1.26. The van der Waals surface area contributed by atoms with E-state index in [1.54, 1.807) is 0 Å². The minimum Gasteiger partial charge on any atom is -0.544 e. The number of carboxylic acids is 1. The van der Waals surface area contributed by atoms with Gasteiger partial charge in [0, 0.05) is 14.9 Å². The van der Waals surface area contributed by atoms with Gasteiger partial charge in [0.2, 0.25) is 0 Å². The Labute approximate surface area is 95.1 Å². The van der Waals surface area contributed by atoms with Crippen LogP contribution in [0.3, 0.4) is 0 Å². The first-order valence-electron chi connectivity index (χ1n) is 3.58. The van der Waals surface area contributed by atoms with Crippen LogP contribution in [0.2, 0.25) is 0 Å². The van der Waals surface area contributed by atoms with Gasteiger partial charge in [-0.2, -0.15) is 0 Å². The lowest BCUT2D eigenvalue weighted by Gasteiger charge is -2.04. The van der Waals surface area contributed by atoms with Gasteiger partial charge >= 0.3 is 0 Å². The van der Waals surface area contributed by atoms with Gasteiger partial charge in [-0.25, -0.2) is 0 Å². The predicted octanol–water partition coefficient (Wildman–Crippen LogP) is 0.954. The molecule has 0 spiro atoms. The van der Waals surface area contributed by atoms with E-state index in [9.17, 15) is 9.90 Å². The zero-order valence-electron chi connectivity index (χ0n) is 6.62. The van der Waals surface area contributed by atoms with Gasteiger partial charge in [-0.05, 0) is 40.3 Å². The highest BCUT2D eigenvalue weighted by Gasteiger charge is 1.99. The molecule has 68 valence electrons. The molecule has 1 aromatic rings. The molecule has 0 saturated heterocycles. The van der Waals surface area contributed by atoms with Crippen molar-refractivity contribution in [2.45, 2.75) is 6.42 Å². The van der Waals surface area contributed by atoms with E-state index in [1.807, 2.05) is 24.3 Å². The van der Waals surface area contributed by atoms with E-state index in [-0.39, 0.29) is 11.3 Å². The maximum Gasteiger partial charge on any atom is 0.0785 e. The first kappa shape index (κ1) is 10.6. The molecule has 0 N–H and O–H groups in total.